The summed E-state index contributed by atoms with van der Waals surface area (Å²) >= 11 is 0. The van der Waals surface area contributed by atoms with Gasteiger partial charge in [0.25, 0.3) is 0 Å². The highest BCUT2D eigenvalue weighted by Gasteiger charge is 2.39. The lowest BCUT2D eigenvalue weighted by molar-refractivity contribution is -0.139. The minimum atomic E-state index is -0.580. The van der Waals surface area contributed by atoms with Crippen molar-refractivity contribution in [3.05, 3.63) is 58.2 Å². The van der Waals surface area contributed by atoms with Gasteiger partial charge in [-0.25, -0.2) is 9.18 Å². The SMILES string of the molecule is CCCCOC(=O)C1=C(C)NC2=C(C(=O)CCC2)C1c1cccc(F)c1. The normalized spacial score (nSPS) is 20.0. The van der Waals surface area contributed by atoms with Crippen molar-refractivity contribution in [2.75, 3.05) is 6.61 Å². The number of ether oxygens (including phenoxy) is 1. The zero-order valence-electron chi connectivity index (χ0n) is 15.2. The average Bonchev–Trinajstić information content (AvgIpc) is 2.61. The van der Waals surface area contributed by atoms with Crippen LogP contribution in [-0.2, 0) is 14.3 Å². The van der Waals surface area contributed by atoms with Crippen LogP contribution in [0.1, 0.15) is 57.4 Å². The molecule has 0 amide bonds. The molecule has 1 aromatic carbocycles. The van der Waals surface area contributed by atoms with Gasteiger partial charge < -0.3 is 10.1 Å². The van der Waals surface area contributed by atoms with Crippen molar-refractivity contribution in [3.63, 3.8) is 0 Å². The van der Waals surface area contributed by atoms with Crippen LogP contribution in [0.4, 0.5) is 4.39 Å². The number of hydrogen-bond donors (Lipinski definition) is 1. The molecular formula is C21H24FNO3. The zero-order valence-corrected chi connectivity index (χ0v) is 15.2. The molecule has 1 aliphatic heterocycles. The van der Waals surface area contributed by atoms with Crippen LogP contribution in [0.5, 0.6) is 0 Å². The number of carbonyl (C=O) groups excluding carboxylic acids is 2. The van der Waals surface area contributed by atoms with E-state index in [0.717, 1.165) is 31.4 Å². The van der Waals surface area contributed by atoms with Crippen molar-refractivity contribution < 1.29 is 18.7 Å². The molecule has 0 saturated heterocycles. The summed E-state index contributed by atoms with van der Waals surface area (Å²) in [5.41, 5.74) is 3.11. The molecule has 1 atom stereocenters. The van der Waals surface area contributed by atoms with Crippen LogP contribution in [0.25, 0.3) is 0 Å². The number of esters is 1. The third-order valence-corrected chi connectivity index (χ3v) is 4.91. The first kappa shape index (κ1) is 18.4. The Morgan fingerprint density at radius 2 is 2.15 bits per heavy atom. The third-order valence-electron chi connectivity index (χ3n) is 4.91. The summed E-state index contributed by atoms with van der Waals surface area (Å²) < 4.78 is 19.3. The Morgan fingerprint density at radius 3 is 2.88 bits per heavy atom. The Bertz CT molecular complexity index is 794. The van der Waals surface area contributed by atoms with E-state index in [4.69, 9.17) is 4.74 Å². The van der Waals surface area contributed by atoms with Crippen LogP contribution in [0.15, 0.2) is 46.8 Å². The van der Waals surface area contributed by atoms with Gasteiger partial charge in [-0.3, -0.25) is 4.79 Å². The molecule has 0 bridgehead atoms. The number of ketones is 1. The standard InChI is InChI=1S/C21H24FNO3/c1-3-4-11-26-21(25)18-13(2)23-16-9-6-10-17(24)20(16)19(18)14-7-5-8-15(22)12-14/h5,7-8,12,19,23H,3-4,6,9-11H2,1-2H3. The quantitative estimate of drug-likeness (QED) is 0.636. The predicted octanol–water partition coefficient (Wildman–Crippen LogP) is 4.14. The fourth-order valence-electron chi connectivity index (χ4n) is 3.66. The topological polar surface area (TPSA) is 55.4 Å². The van der Waals surface area contributed by atoms with Crippen LogP contribution in [0, 0.1) is 5.82 Å². The van der Waals surface area contributed by atoms with Crippen molar-refractivity contribution in [3.8, 4) is 0 Å². The molecule has 4 nitrogen and oxygen atoms in total. The lowest BCUT2D eigenvalue weighted by Gasteiger charge is -2.34. The minimum Gasteiger partial charge on any atom is -0.462 e. The van der Waals surface area contributed by atoms with Gasteiger partial charge in [0.05, 0.1) is 12.2 Å². The number of rotatable bonds is 5. The summed E-state index contributed by atoms with van der Waals surface area (Å²) in [7, 11) is 0. The van der Waals surface area contributed by atoms with Gasteiger partial charge in [0.1, 0.15) is 5.82 Å². The molecule has 0 aromatic heterocycles. The Kier molecular flexibility index (Phi) is 5.55. The van der Waals surface area contributed by atoms with E-state index in [0.29, 0.717) is 35.4 Å². The molecule has 2 aliphatic rings. The summed E-state index contributed by atoms with van der Waals surface area (Å²) in [5, 5.41) is 3.23. The molecule has 1 aliphatic carbocycles. The van der Waals surface area contributed by atoms with E-state index in [2.05, 4.69) is 5.32 Å². The van der Waals surface area contributed by atoms with Gasteiger partial charge in [-0.1, -0.05) is 25.5 Å². The second-order valence-corrected chi connectivity index (χ2v) is 6.81. The first-order valence-electron chi connectivity index (χ1n) is 9.19. The summed E-state index contributed by atoms with van der Waals surface area (Å²) in [6, 6.07) is 6.13. The molecule has 1 unspecified atom stereocenters. The molecular weight excluding hydrogens is 333 g/mol. The monoisotopic (exact) mass is 357 g/mol. The van der Waals surface area contributed by atoms with Gasteiger partial charge in [0.2, 0.25) is 0 Å². The Balaban J connectivity index is 2.06. The summed E-state index contributed by atoms with van der Waals surface area (Å²) in [5.74, 6) is -1.39. The van der Waals surface area contributed by atoms with Crippen LogP contribution in [0.2, 0.25) is 0 Å². The zero-order chi connectivity index (χ0) is 18.7. The smallest absolute Gasteiger partial charge is 0.336 e. The van der Waals surface area contributed by atoms with Gasteiger partial charge in [0.15, 0.2) is 5.78 Å². The van der Waals surface area contributed by atoms with Crippen molar-refractivity contribution in [2.45, 2.75) is 51.9 Å². The van der Waals surface area contributed by atoms with Crippen LogP contribution in [-0.4, -0.2) is 18.4 Å². The number of Topliss-reactive ketones (excluding diaryl/α,β-unsaturated/α-hetero) is 1. The number of benzene rings is 1. The fraction of sp³-hybridized carbons (Fsp3) is 0.429. The molecule has 138 valence electrons. The number of dihydropyridines is 1. The second-order valence-electron chi connectivity index (χ2n) is 6.81. The van der Waals surface area contributed by atoms with E-state index >= 15 is 0 Å². The van der Waals surface area contributed by atoms with E-state index in [9.17, 15) is 14.0 Å². The average molecular weight is 357 g/mol. The van der Waals surface area contributed by atoms with Crippen LogP contribution >= 0.6 is 0 Å². The largest absolute Gasteiger partial charge is 0.462 e. The highest BCUT2D eigenvalue weighted by molar-refractivity contribution is 6.03. The van der Waals surface area contributed by atoms with E-state index < -0.39 is 11.9 Å². The molecule has 1 aromatic rings. The Labute approximate surface area is 153 Å². The van der Waals surface area contributed by atoms with E-state index in [-0.39, 0.29) is 11.6 Å². The van der Waals surface area contributed by atoms with E-state index in [1.54, 1.807) is 12.1 Å². The van der Waals surface area contributed by atoms with Gasteiger partial charge in [-0.2, -0.15) is 0 Å². The maximum Gasteiger partial charge on any atom is 0.336 e. The summed E-state index contributed by atoms with van der Waals surface area (Å²) in [4.78, 5) is 25.5. The highest BCUT2D eigenvalue weighted by atomic mass is 19.1. The molecule has 26 heavy (non-hydrogen) atoms. The van der Waals surface area contributed by atoms with Gasteiger partial charge >= 0.3 is 5.97 Å². The number of unbranched alkanes of at least 4 members (excludes halogenated alkanes) is 1. The number of carbonyl (C=O) groups is 2. The maximum absolute atomic E-state index is 13.9. The number of hydrogen-bond acceptors (Lipinski definition) is 4. The Morgan fingerprint density at radius 1 is 1.35 bits per heavy atom. The van der Waals surface area contributed by atoms with Crippen molar-refractivity contribution in [1.29, 1.82) is 0 Å². The van der Waals surface area contributed by atoms with Crippen molar-refractivity contribution in [1.82, 2.24) is 5.32 Å². The second kappa shape index (κ2) is 7.85. The van der Waals surface area contributed by atoms with E-state index in [1.807, 2.05) is 13.8 Å². The number of nitrogens with one attached hydrogen (secondary N) is 1. The molecule has 0 fully saturated rings. The highest BCUT2D eigenvalue weighted by Crippen LogP contribution is 2.42. The molecule has 0 radical (unpaired) electrons. The summed E-state index contributed by atoms with van der Waals surface area (Å²) in [6.07, 6.45) is 3.68. The lowest BCUT2D eigenvalue weighted by Crippen LogP contribution is -2.34. The molecule has 1 N–H and O–H groups in total. The number of allylic oxidation sites excluding steroid dienone is 3. The van der Waals surface area contributed by atoms with Crippen LogP contribution < -0.4 is 5.32 Å². The molecule has 3 rings (SSSR count). The predicted molar refractivity (Wildman–Crippen MR) is 96.7 cm³/mol. The lowest BCUT2D eigenvalue weighted by atomic mass is 9.75. The molecule has 5 heteroatoms. The number of halogens is 1. The third kappa shape index (κ3) is 3.57. The molecule has 0 spiro atoms. The molecule has 0 saturated carbocycles. The van der Waals surface area contributed by atoms with Crippen LogP contribution in [0.3, 0.4) is 0 Å². The van der Waals surface area contributed by atoms with Gasteiger partial charge in [-0.15, -0.1) is 0 Å². The van der Waals surface area contributed by atoms with Gasteiger partial charge in [0, 0.05) is 29.3 Å². The Hall–Kier alpha value is -2.43. The molecule has 1 heterocycles. The fourth-order valence-corrected chi connectivity index (χ4v) is 3.66. The minimum absolute atomic E-state index is 0.0133. The first-order valence-corrected chi connectivity index (χ1v) is 9.19. The van der Waals surface area contributed by atoms with Gasteiger partial charge in [-0.05, 0) is 43.9 Å². The van der Waals surface area contributed by atoms with Crippen molar-refractivity contribution >= 4 is 11.8 Å². The van der Waals surface area contributed by atoms with E-state index in [1.165, 1.54) is 12.1 Å². The maximum atomic E-state index is 13.9. The summed E-state index contributed by atoms with van der Waals surface area (Å²) in [6.45, 7) is 4.17. The first-order chi connectivity index (χ1) is 12.5. The van der Waals surface area contributed by atoms with Crippen molar-refractivity contribution in [2.24, 2.45) is 0 Å².